The summed E-state index contributed by atoms with van der Waals surface area (Å²) in [5.41, 5.74) is 2.24. The van der Waals surface area contributed by atoms with Gasteiger partial charge in [-0.05, 0) is 50.3 Å². The second-order valence-corrected chi connectivity index (χ2v) is 9.63. The molecular formula is C25H40FN7. The first kappa shape index (κ1) is 24.0. The average molecular weight is 458 g/mol. The predicted octanol–water partition coefficient (Wildman–Crippen LogP) is 3.17. The number of halogens is 1. The molecule has 1 aliphatic carbocycles. The van der Waals surface area contributed by atoms with Crippen molar-refractivity contribution in [2.75, 3.05) is 26.7 Å². The van der Waals surface area contributed by atoms with Gasteiger partial charge in [0.2, 0.25) is 5.95 Å². The molecule has 4 rings (SSSR count). The van der Waals surface area contributed by atoms with Crippen LogP contribution in [0.25, 0.3) is 0 Å². The quantitative estimate of drug-likeness (QED) is 0.370. The van der Waals surface area contributed by atoms with E-state index in [1.165, 1.54) is 43.9 Å². The highest BCUT2D eigenvalue weighted by Crippen LogP contribution is 2.26. The molecule has 8 heteroatoms. The van der Waals surface area contributed by atoms with Crippen LogP contribution in [-0.2, 0) is 6.54 Å². The lowest BCUT2D eigenvalue weighted by Crippen LogP contribution is -2.52. The normalized spacial score (nSPS) is 22.6. The van der Waals surface area contributed by atoms with Gasteiger partial charge in [-0.1, -0.05) is 32.3 Å². The van der Waals surface area contributed by atoms with Gasteiger partial charge in [-0.3, -0.25) is 15.2 Å². The van der Waals surface area contributed by atoms with Crippen LogP contribution in [0.3, 0.4) is 0 Å². The minimum Gasteiger partial charge on any atom is -0.367 e. The molecule has 7 nitrogen and oxygen atoms in total. The fourth-order valence-corrected chi connectivity index (χ4v) is 5.05. The van der Waals surface area contributed by atoms with E-state index in [9.17, 15) is 4.39 Å². The molecule has 0 bridgehead atoms. The Morgan fingerprint density at radius 2 is 1.97 bits per heavy atom. The molecule has 1 unspecified atom stereocenters. The molecule has 1 aromatic heterocycles. The molecule has 33 heavy (non-hydrogen) atoms. The molecule has 0 amide bonds. The maximum atomic E-state index is 13.1. The van der Waals surface area contributed by atoms with Gasteiger partial charge in [0.15, 0.2) is 6.29 Å². The summed E-state index contributed by atoms with van der Waals surface area (Å²) < 4.78 is 13.1. The molecule has 3 N–H and O–H groups in total. The summed E-state index contributed by atoms with van der Waals surface area (Å²) in [6, 6.07) is 4.30. The van der Waals surface area contributed by atoms with Gasteiger partial charge in [0.05, 0.1) is 11.9 Å². The molecule has 0 spiro atoms. The number of pyridine rings is 1. The molecule has 2 fully saturated rings. The summed E-state index contributed by atoms with van der Waals surface area (Å²) in [6.45, 7) is 6.03. The summed E-state index contributed by atoms with van der Waals surface area (Å²) >= 11 is 0. The largest absolute Gasteiger partial charge is 0.367 e. The van der Waals surface area contributed by atoms with Crippen molar-refractivity contribution in [3.05, 3.63) is 41.4 Å². The van der Waals surface area contributed by atoms with Crippen molar-refractivity contribution in [1.82, 2.24) is 30.7 Å². The van der Waals surface area contributed by atoms with E-state index >= 15 is 0 Å². The van der Waals surface area contributed by atoms with Crippen LogP contribution >= 0.6 is 0 Å². The van der Waals surface area contributed by atoms with Crippen molar-refractivity contribution >= 4 is 6.21 Å². The molecule has 1 atom stereocenters. The first-order valence-electron chi connectivity index (χ1n) is 12.7. The number of aromatic nitrogens is 1. The highest BCUT2D eigenvalue weighted by Gasteiger charge is 2.28. The highest BCUT2D eigenvalue weighted by atomic mass is 19.1. The maximum absolute atomic E-state index is 13.1. The van der Waals surface area contributed by atoms with Crippen molar-refractivity contribution in [3.8, 4) is 0 Å². The van der Waals surface area contributed by atoms with Gasteiger partial charge in [0.25, 0.3) is 0 Å². The number of likely N-dealkylation sites (tertiary alicyclic amines) is 1. The van der Waals surface area contributed by atoms with E-state index in [1.54, 1.807) is 6.20 Å². The Bertz CT molecular complexity index is 795. The van der Waals surface area contributed by atoms with E-state index in [4.69, 9.17) is 4.99 Å². The number of aliphatic imine (C=N–C) groups is 1. The molecule has 182 valence electrons. The van der Waals surface area contributed by atoms with Gasteiger partial charge in [-0.2, -0.15) is 4.39 Å². The zero-order chi connectivity index (χ0) is 23.0. The summed E-state index contributed by atoms with van der Waals surface area (Å²) in [7, 11) is 2.21. The first-order chi connectivity index (χ1) is 16.1. The predicted molar refractivity (Wildman–Crippen MR) is 131 cm³/mol. The van der Waals surface area contributed by atoms with E-state index in [0.29, 0.717) is 12.1 Å². The molecule has 1 saturated carbocycles. The Morgan fingerprint density at radius 1 is 1.18 bits per heavy atom. The van der Waals surface area contributed by atoms with Crippen LogP contribution in [0.15, 0.2) is 34.8 Å². The van der Waals surface area contributed by atoms with Crippen molar-refractivity contribution in [1.29, 1.82) is 0 Å². The molecule has 1 saturated heterocycles. The van der Waals surface area contributed by atoms with Crippen molar-refractivity contribution in [2.24, 2.45) is 4.99 Å². The van der Waals surface area contributed by atoms with Crippen molar-refractivity contribution in [3.63, 3.8) is 0 Å². The fraction of sp³-hybridized carbons (Fsp3) is 0.680. The molecule has 3 aliphatic rings. The Balaban J connectivity index is 1.36. The van der Waals surface area contributed by atoms with Crippen LogP contribution in [0.4, 0.5) is 4.39 Å². The zero-order valence-electron chi connectivity index (χ0n) is 20.2. The van der Waals surface area contributed by atoms with Crippen LogP contribution < -0.4 is 16.0 Å². The molecule has 0 aromatic carbocycles. The van der Waals surface area contributed by atoms with E-state index in [1.807, 2.05) is 6.07 Å². The monoisotopic (exact) mass is 457 g/mol. The standard InChI is InChI=1S/C25H40FN7/c1-3-4-13-27-25-29-17-22(32(2)21-7-5-6-8-21)24(31-25)30-20-11-14-33(15-12-20)18-19-9-10-23(26)28-16-19/h9-10,16-17,20-21,25,27,30-31H,3-8,11-15,18H2,1-2H3. The number of hydrogen-bond acceptors (Lipinski definition) is 7. The third-order valence-corrected chi connectivity index (χ3v) is 7.13. The number of allylic oxidation sites excluding steroid dienone is 1. The minimum absolute atomic E-state index is 0.0779. The zero-order valence-corrected chi connectivity index (χ0v) is 20.2. The Hall–Kier alpha value is -2.19. The van der Waals surface area contributed by atoms with Crippen LogP contribution in [0.2, 0.25) is 0 Å². The van der Waals surface area contributed by atoms with E-state index in [-0.39, 0.29) is 6.29 Å². The lowest BCUT2D eigenvalue weighted by atomic mass is 10.0. The summed E-state index contributed by atoms with van der Waals surface area (Å²) in [5.74, 6) is 0.689. The van der Waals surface area contributed by atoms with E-state index < -0.39 is 5.95 Å². The lowest BCUT2D eigenvalue weighted by Gasteiger charge is -2.37. The van der Waals surface area contributed by atoms with Gasteiger partial charge in [-0.25, -0.2) is 4.98 Å². The van der Waals surface area contributed by atoms with Gasteiger partial charge >= 0.3 is 0 Å². The highest BCUT2D eigenvalue weighted by molar-refractivity contribution is 5.79. The molecule has 2 aliphatic heterocycles. The maximum Gasteiger partial charge on any atom is 0.212 e. The minimum atomic E-state index is -0.417. The topological polar surface area (TPSA) is 67.8 Å². The van der Waals surface area contributed by atoms with E-state index in [0.717, 1.165) is 56.8 Å². The lowest BCUT2D eigenvalue weighted by molar-refractivity contribution is 0.192. The number of nitrogens with one attached hydrogen (secondary N) is 3. The van der Waals surface area contributed by atoms with Gasteiger partial charge in [-0.15, -0.1) is 0 Å². The van der Waals surface area contributed by atoms with Crippen LogP contribution in [-0.4, -0.2) is 66.1 Å². The number of unbranched alkanes of at least 4 members (excludes halogenated alkanes) is 1. The van der Waals surface area contributed by atoms with Crippen LogP contribution in [0.5, 0.6) is 0 Å². The fourth-order valence-electron chi connectivity index (χ4n) is 5.05. The molecule has 1 aromatic rings. The second kappa shape index (κ2) is 11.8. The average Bonchev–Trinajstić information content (AvgIpc) is 3.37. The van der Waals surface area contributed by atoms with Crippen LogP contribution in [0.1, 0.15) is 63.9 Å². The van der Waals surface area contributed by atoms with Crippen molar-refractivity contribution in [2.45, 2.75) is 83.2 Å². The molecule has 0 radical (unpaired) electrons. The number of rotatable bonds is 10. The van der Waals surface area contributed by atoms with Gasteiger partial charge < -0.3 is 15.5 Å². The van der Waals surface area contributed by atoms with E-state index in [2.05, 4.69) is 50.9 Å². The SMILES string of the molecule is CCCCNC1N=CC(N(C)C2CCCC2)=C(NC2CCN(Cc3ccc(F)nc3)CC2)N1. The van der Waals surface area contributed by atoms with Gasteiger partial charge in [0.1, 0.15) is 5.82 Å². The van der Waals surface area contributed by atoms with Gasteiger partial charge in [0, 0.05) is 45.0 Å². The van der Waals surface area contributed by atoms with Crippen LogP contribution in [0, 0.1) is 5.95 Å². The summed E-state index contributed by atoms with van der Waals surface area (Å²) in [6.07, 6.45) is 13.2. The number of hydrogen-bond donors (Lipinski definition) is 3. The molecular weight excluding hydrogens is 417 g/mol. The van der Waals surface area contributed by atoms with Crippen molar-refractivity contribution < 1.29 is 4.39 Å². The summed E-state index contributed by atoms with van der Waals surface area (Å²) in [4.78, 5) is 13.4. The Morgan fingerprint density at radius 3 is 2.67 bits per heavy atom. The molecule has 3 heterocycles. The number of nitrogens with zero attached hydrogens (tertiary/aromatic N) is 4. The summed E-state index contributed by atoms with van der Waals surface area (Å²) in [5, 5.41) is 11.0. The second-order valence-electron chi connectivity index (χ2n) is 9.63. The number of piperidine rings is 1. The third-order valence-electron chi connectivity index (χ3n) is 7.13. The smallest absolute Gasteiger partial charge is 0.212 e. The Kier molecular flexibility index (Phi) is 8.56. The first-order valence-corrected chi connectivity index (χ1v) is 12.7. The Labute approximate surface area is 197 Å². The third kappa shape index (κ3) is 6.67.